The van der Waals surface area contributed by atoms with Gasteiger partial charge < -0.3 is 10.6 Å². The van der Waals surface area contributed by atoms with E-state index in [1.807, 2.05) is 19.1 Å². The van der Waals surface area contributed by atoms with E-state index in [4.69, 9.17) is 5.73 Å². The highest BCUT2D eigenvalue weighted by Gasteiger charge is 2.10. The highest BCUT2D eigenvalue weighted by Crippen LogP contribution is 2.04. The molecule has 0 atom stereocenters. The number of amides is 1. The van der Waals surface area contributed by atoms with Gasteiger partial charge in [-0.3, -0.25) is 9.78 Å². The summed E-state index contributed by atoms with van der Waals surface area (Å²) in [4.78, 5) is 17.3. The van der Waals surface area contributed by atoms with Crippen LogP contribution in [0.25, 0.3) is 0 Å². The fraction of sp³-hybridized carbons (Fsp3) is 0.455. The molecule has 1 aromatic heterocycles. The van der Waals surface area contributed by atoms with Gasteiger partial charge in [0, 0.05) is 38.4 Å². The van der Waals surface area contributed by atoms with E-state index in [1.54, 1.807) is 17.3 Å². The van der Waals surface area contributed by atoms with Crippen LogP contribution in [0.15, 0.2) is 24.5 Å². The number of hydrogen-bond acceptors (Lipinski definition) is 3. The molecule has 1 heterocycles. The normalized spacial score (nSPS) is 10.0. The standard InChI is InChI=1S/C11H17N3O/c1-2-14(11(15)3-6-12)9-10-4-7-13-8-5-10/h4-5,7-8H,2-3,6,9,12H2,1H3. The molecule has 1 aromatic rings. The summed E-state index contributed by atoms with van der Waals surface area (Å²) in [6, 6.07) is 3.83. The summed E-state index contributed by atoms with van der Waals surface area (Å²) in [5, 5.41) is 0. The molecule has 0 saturated carbocycles. The molecule has 0 radical (unpaired) electrons. The predicted octanol–water partition coefficient (Wildman–Crippen LogP) is 0.779. The van der Waals surface area contributed by atoms with Crippen molar-refractivity contribution < 1.29 is 4.79 Å². The molecule has 0 aliphatic rings. The van der Waals surface area contributed by atoms with Crippen molar-refractivity contribution in [3.8, 4) is 0 Å². The van der Waals surface area contributed by atoms with Gasteiger partial charge >= 0.3 is 0 Å². The van der Waals surface area contributed by atoms with E-state index < -0.39 is 0 Å². The SMILES string of the molecule is CCN(Cc1ccncc1)C(=O)CCN. The lowest BCUT2D eigenvalue weighted by molar-refractivity contribution is -0.131. The molecule has 0 spiro atoms. The van der Waals surface area contributed by atoms with Crippen LogP contribution in [0.3, 0.4) is 0 Å². The first-order valence-corrected chi connectivity index (χ1v) is 5.14. The summed E-state index contributed by atoms with van der Waals surface area (Å²) in [6.07, 6.45) is 3.88. The van der Waals surface area contributed by atoms with Crippen LogP contribution in [0, 0.1) is 0 Å². The summed E-state index contributed by atoms with van der Waals surface area (Å²) in [7, 11) is 0. The molecule has 2 N–H and O–H groups in total. The second-order valence-corrected chi connectivity index (χ2v) is 3.30. The number of nitrogens with two attached hydrogens (primary N) is 1. The molecule has 82 valence electrons. The van der Waals surface area contributed by atoms with Crippen LogP contribution in [0.4, 0.5) is 0 Å². The van der Waals surface area contributed by atoms with Crippen LogP contribution >= 0.6 is 0 Å². The highest BCUT2D eigenvalue weighted by atomic mass is 16.2. The van der Waals surface area contributed by atoms with Crippen molar-refractivity contribution in [2.24, 2.45) is 5.73 Å². The Balaban J connectivity index is 2.58. The minimum atomic E-state index is 0.108. The molecule has 15 heavy (non-hydrogen) atoms. The van der Waals surface area contributed by atoms with E-state index in [9.17, 15) is 4.79 Å². The third kappa shape index (κ3) is 3.67. The van der Waals surface area contributed by atoms with Crippen molar-refractivity contribution >= 4 is 5.91 Å². The average molecular weight is 207 g/mol. The molecule has 1 rings (SSSR count). The van der Waals surface area contributed by atoms with Crippen LogP contribution < -0.4 is 5.73 Å². The Morgan fingerprint density at radius 2 is 2.13 bits per heavy atom. The minimum absolute atomic E-state index is 0.108. The quantitative estimate of drug-likeness (QED) is 0.776. The van der Waals surface area contributed by atoms with Crippen molar-refractivity contribution in [1.29, 1.82) is 0 Å². The summed E-state index contributed by atoms with van der Waals surface area (Å²) in [6.45, 7) is 3.72. The van der Waals surface area contributed by atoms with E-state index in [-0.39, 0.29) is 5.91 Å². The topological polar surface area (TPSA) is 59.2 Å². The molecular weight excluding hydrogens is 190 g/mol. The summed E-state index contributed by atoms with van der Waals surface area (Å²) in [5.74, 6) is 0.108. The van der Waals surface area contributed by atoms with Crippen LogP contribution in [0.2, 0.25) is 0 Å². The zero-order valence-electron chi connectivity index (χ0n) is 9.02. The maximum atomic E-state index is 11.6. The monoisotopic (exact) mass is 207 g/mol. The molecule has 1 amide bonds. The Hall–Kier alpha value is -1.42. The van der Waals surface area contributed by atoms with Gasteiger partial charge in [-0.15, -0.1) is 0 Å². The summed E-state index contributed by atoms with van der Waals surface area (Å²) < 4.78 is 0. The zero-order valence-corrected chi connectivity index (χ0v) is 9.02. The lowest BCUT2D eigenvalue weighted by Crippen LogP contribution is -2.31. The first-order valence-electron chi connectivity index (χ1n) is 5.14. The minimum Gasteiger partial charge on any atom is -0.339 e. The third-order valence-electron chi connectivity index (χ3n) is 2.22. The lowest BCUT2D eigenvalue weighted by Gasteiger charge is -2.20. The highest BCUT2D eigenvalue weighted by molar-refractivity contribution is 5.76. The van der Waals surface area contributed by atoms with Gasteiger partial charge in [-0.1, -0.05) is 0 Å². The summed E-state index contributed by atoms with van der Waals surface area (Å²) >= 11 is 0. The number of carbonyl (C=O) groups is 1. The Morgan fingerprint density at radius 3 is 2.67 bits per heavy atom. The van der Waals surface area contributed by atoms with Crippen molar-refractivity contribution in [1.82, 2.24) is 9.88 Å². The number of hydrogen-bond donors (Lipinski definition) is 1. The van der Waals surface area contributed by atoms with Gasteiger partial charge in [0.05, 0.1) is 0 Å². The zero-order chi connectivity index (χ0) is 11.1. The van der Waals surface area contributed by atoms with Gasteiger partial charge in [-0.2, -0.15) is 0 Å². The Labute approximate surface area is 90.1 Å². The first kappa shape index (κ1) is 11.7. The van der Waals surface area contributed by atoms with E-state index in [1.165, 1.54) is 0 Å². The molecule has 0 unspecified atom stereocenters. The van der Waals surface area contributed by atoms with Gasteiger partial charge in [0.2, 0.25) is 5.91 Å². The van der Waals surface area contributed by atoms with Crippen molar-refractivity contribution in [3.05, 3.63) is 30.1 Å². The van der Waals surface area contributed by atoms with Gasteiger partial charge in [-0.05, 0) is 24.6 Å². The van der Waals surface area contributed by atoms with Gasteiger partial charge in [-0.25, -0.2) is 0 Å². The van der Waals surface area contributed by atoms with E-state index in [2.05, 4.69) is 4.98 Å². The van der Waals surface area contributed by atoms with Gasteiger partial charge in [0.25, 0.3) is 0 Å². The fourth-order valence-corrected chi connectivity index (χ4v) is 1.37. The average Bonchev–Trinajstić information content (AvgIpc) is 2.27. The number of rotatable bonds is 5. The number of pyridine rings is 1. The van der Waals surface area contributed by atoms with Gasteiger partial charge in [0.15, 0.2) is 0 Å². The largest absolute Gasteiger partial charge is 0.339 e. The predicted molar refractivity (Wildman–Crippen MR) is 59.0 cm³/mol. The molecule has 0 saturated heterocycles. The number of carbonyl (C=O) groups excluding carboxylic acids is 1. The van der Waals surface area contributed by atoms with Crippen molar-refractivity contribution in [3.63, 3.8) is 0 Å². The molecule has 0 bridgehead atoms. The third-order valence-corrected chi connectivity index (χ3v) is 2.22. The van der Waals surface area contributed by atoms with Crippen LogP contribution in [0.5, 0.6) is 0 Å². The second-order valence-electron chi connectivity index (χ2n) is 3.30. The lowest BCUT2D eigenvalue weighted by atomic mass is 10.2. The first-order chi connectivity index (χ1) is 7.27. The van der Waals surface area contributed by atoms with Crippen molar-refractivity contribution in [2.45, 2.75) is 19.9 Å². The Morgan fingerprint density at radius 1 is 1.47 bits per heavy atom. The van der Waals surface area contributed by atoms with E-state index in [0.29, 0.717) is 26.1 Å². The Kier molecular flexibility index (Phi) is 4.77. The maximum absolute atomic E-state index is 11.6. The van der Waals surface area contributed by atoms with Crippen molar-refractivity contribution in [2.75, 3.05) is 13.1 Å². The molecule has 0 fully saturated rings. The molecule has 4 nitrogen and oxygen atoms in total. The Bertz CT molecular complexity index is 300. The van der Waals surface area contributed by atoms with Gasteiger partial charge in [0.1, 0.15) is 0 Å². The van der Waals surface area contributed by atoms with E-state index in [0.717, 1.165) is 5.56 Å². The number of aromatic nitrogens is 1. The molecular formula is C11H17N3O. The molecule has 4 heteroatoms. The smallest absolute Gasteiger partial charge is 0.224 e. The maximum Gasteiger partial charge on any atom is 0.224 e. The van der Waals surface area contributed by atoms with E-state index >= 15 is 0 Å². The molecule has 0 aromatic carbocycles. The van der Waals surface area contributed by atoms with Crippen LogP contribution in [-0.2, 0) is 11.3 Å². The summed E-state index contributed by atoms with van der Waals surface area (Å²) in [5.41, 5.74) is 6.45. The molecule has 0 aliphatic carbocycles. The van der Waals surface area contributed by atoms with Crippen LogP contribution in [0.1, 0.15) is 18.9 Å². The second kappa shape index (κ2) is 6.14. The number of nitrogens with zero attached hydrogens (tertiary/aromatic N) is 2. The molecule has 0 aliphatic heterocycles. The fourth-order valence-electron chi connectivity index (χ4n) is 1.37. The van der Waals surface area contributed by atoms with Crippen LogP contribution in [-0.4, -0.2) is 28.9 Å².